The van der Waals surface area contributed by atoms with Gasteiger partial charge < -0.3 is 36.9 Å². The summed E-state index contributed by atoms with van der Waals surface area (Å²) in [6.45, 7) is -1.26. The molecule has 3 unspecified atom stereocenters. The monoisotopic (exact) mass is 495 g/mol. The van der Waals surface area contributed by atoms with Crippen molar-refractivity contribution in [1.82, 2.24) is 20.9 Å². The van der Waals surface area contributed by atoms with E-state index in [-0.39, 0.29) is 12.8 Å². The summed E-state index contributed by atoms with van der Waals surface area (Å²) in [4.78, 5) is 51.8. The molecular weight excluding hydrogens is 466 g/mol. The number of carbonyl (C=O) groups is 4. The van der Waals surface area contributed by atoms with Crippen molar-refractivity contribution in [3.63, 3.8) is 0 Å². The molecule has 8 N–H and O–H groups in total. The van der Waals surface area contributed by atoms with E-state index in [0.29, 0.717) is 0 Å². The molecule has 2 aromatic carbocycles. The van der Waals surface area contributed by atoms with Gasteiger partial charge in [-0.05, 0) is 23.6 Å². The van der Waals surface area contributed by atoms with Gasteiger partial charge in [0.05, 0.1) is 19.2 Å². The average Bonchev–Trinajstić information content (AvgIpc) is 3.28. The van der Waals surface area contributed by atoms with Crippen LogP contribution in [-0.2, 0) is 32.0 Å². The number of aromatic amines is 1. The molecular formula is C25H29N5O6. The summed E-state index contributed by atoms with van der Waals surface area (Å²) >= 11 is 0. The van der Waals surface area contributed by atoms with E-state index in [9.17, 15) is 29.4 Å². The number of aliphatic hydroxyl groups excluding tert-OH is 1. The highest BCUT2D eigenvalue weighted by Crippen LogP contribution is 2.19. The van der Waals surface area contributed by atoms with Crippen molar-refractivity contribution in [2.24, 2.45) is 5.73 Å². The lowest BCUT2D eigenvalue weighted by Crippen LogP contribution is -2.55. The minimum atomic E-state index is -1.33. The average molecular weight is 496 g/mol. The van der Waals surface area contributed by atoms with Gasteiger partial charge in [0.2, 0.25) is 17.7 Å². The summed E-state index contributed by atoms with van der Waals surface area (Å²) in [7, 11) is 0. The lowest BCUT2D eigenvalue weighted by molar-refractivity contribution is -0.141. The highest BCUT2D eigenvalue weighted by atomic mass is 16.4. The van der Waals surface area contributed by atoms with Gasteiger partial charge in [-0.3, -0.25) is 14.4 Å². The third-order valence-electron chi connectivity index (χ3n) is 5.61. The van der Waals surface area contributed by atoms with Gasteiger partial charge in [0.15, 0.2) is 0 Å². The van der Waals surface area contributed by atoms with E-state index < -0.39 is 55.0 Å². The van der Waals surface area contributed by atoms with Crippen LogP contribution < -0.4 is 21.7 Å². The minimum Gasteiger partial charge on any atom is -0.480 e. The number of carbonyl (C=O) groups excluding carboxylic acids is 3. The second-order valence-electron chi connectivity index (χ2n) is 8.28. The number of hydrogen-bond donors (Lipinski definition) is 7. The number of carboxylic acid groups (broad SMARTS) is 1. The first-order valence-electron chi connectivity index (χ1n) is 11.3. The Kier molecular flexibility index (Phi) is 9.14. The number of aromatic nitrogens is 1. The number of amides is 3. The molecule has 0 saturated heterocycles. The smallest absolute Gasteiger partial charge is 0.326 e. The molecule has 0 aliphatic carbocycles. The Morgan fingerprint density at radius 1 is 0.889 bits per heavy atom. The van der Waals surface area contributed by atoms with Crippen LogP contribution in [0.2, 0.25) is 0 Å². The van der Waals surface area contributed by atoms with Gasteiger partial charge in [0, 0.05) is 23.5 Å². The molecule has 36 heavy (non-hydrogen) atoms. The van der Waals surface area contributed by atoms with Gasteiger partial charge in [0.1, 0.15) is 12.1 Å². The molecule has 3 aromatic rings. The first-order chi connectivity index (χ1) is 17.3. The molecule has 0 saturated carbocycles. The predicted molar refractivity (Wildman–Crippen MR) is 132 cm³/mol. The maximum atomic E-state index is 12.4. The standard InChI is InChI=1S/C25H29N5O6/c26-18(10-15-6-2-1-3-7-15)23(33)30-21(14-31)24(34)28-13-22(32)29-20(25(35)36)11-16-12-27-19-9-5-4-8-17(16)19/h1-9,12,18,20-21,27,31H,10-11,13-14,26H2,(H,28,34)(H,29,32)(H,30,33)(H,35,36). The lowest BCUT2D eigenvalue weighted by atomic mass is 10.0. The van der Waals surface area contributed by atoms with Crippen molar-refractivity contribution in [2.45, 2.75) is 31.0 Å². The normalized spacial score (nSPS) is 13.4. The first-order valence-corrected chi connectivity index (χ1v) is 11.3. The molecule has 0 aliphatic heterocycles. The number of hydrogen-bond acceptors (Lipinski definition) is 6. The van der Waals surface area contributed by atoms with Crippen LogP contribution in [0, 0.1) is 0 Å². The fourth-order valence-corrected chi connectivity index (χ4v) is 3.69. The molecule has 3 atom stereocenters. The van der Waals surface area contributed by atoms with E-state index in [1.54, 1.807) is 6.20 Å². The molecule has 190 valence electrons. The Morgan fingerprint density at radius 3 is 2.28 bits per heavy atom. The number of fused-ring (bicyclic) bond motifs is 1. The van der Waals surface area contributed by atoms with Gasteiger partial charge in [-0.2, -0.15) is 0 Å². The van der Waals surface area contributed by atoms with E-state index in [1.165, 1.54) is 0 Å². The van der Waals surface area contributed by atoms with E-state index in [1.807, 2.05) is 54.6 Å². The number of aliphatic carboxylic acids is 1. The number of rotatable bonds is 12. The molecule has 11 heteroatoms. The Hall–Kier alpha value is -4.22. The fraction of sp³-hybridized carbons (Fsp3) is 0.280. The minimum absolute atomic E-state index is 0.0354. The molecule has 0 fully saturated rings. The zero-order valence-corrected chi connectivity index (χ0v) is 19.4. The molecule has 0 spiro atoms. The summed E-state index contributed by atoms with van der Waals surface area (Å²) in [5.74, 6) is -3.41. The van der Waals surface area contributed by atoms with Crippen molar-refractivity contribution in [3.8, 4) is 0 Å². The molecule has 11 nitrogen and oxygen atoms in total. The van der Waals surface area contributed by atoms with Gasteiger partial charge in [-0.15, -0.1) is 0 Å². The molecule has 1 heterocycles. The lowest BCUT2D eigenvalue weighted by Gasteiger charge is -2.19. The number of para-hydroxylation sites is 1. The second kappa shape index (κ2) is 12.5. The highest BCUT2D eigenvalue weighted by molar-refractivity contribution is 5.93. The van der Waals surface area contributed by atoms with Gasteiger partial charge >= 0.3 is 5.97 Å². The summed E-state index contributed by atoms with van der Waals surface area (Å²) in [6, 6.07) is 13.0. The van der Waals surface area contributed by atoms with Crippen LogP contribution in [0.1, 0.15) is 11.1 Å². The van der Waals surface area contributed by atoms with Gasteiger partial charge in [0.25, 0.3) is 0 Å². The van der Waals surface area contributed by atoms with E-state index in [0.717, 1.165) is 22.0 Å². The number of H-pyrrole nitrogens is 1. The van der Waals surface area contributed by atoms with E-state index >= 15 is 0 Å². The summed E-state index contributed by atoms with van der Waals surface area (Å²) in [5, 5.41) is 27.0. The van der Waals surface area contributed by atoms with Gasteiger partial charge in [-0.25, -0.2) is 4.79 Å². The highest BCUT2D eigenvalue weighted by Gasteiger charge is 2.25. The van der Waals surface area contributed by atoms with Crippen LogP contribution in [0.5, 0.6) is 0 Å². The van der Waals surface area contributed by atoms with Crippen LogP contribution in [-0.4, -0.2) is 70.2 Å². The van der Waals surface area contributed by atoms with Crippen molar-refractivity contribution >= 4 is 34.6 Å². The van der Waals surface area contributed by atoms with Crippen LogP contribution in [0.4, 0.5) is 0 Å². The second-order valence-corrected chi connectivity index (χ2v) is 8.28. The SMILES string of the molecule is NC(Cc1ccccc1)C(=O)NC(CO)C(=O)NCC(=O)NC(Cc1c[nH]c2ccccc12)C(=O)O. The van der Waals surface area contributed by atoms with Crippen LogP contribution in [0.15, 0.2) is 60.8 Å². The molecule has 1 aromatic heterocycles. The molecule has 0 aliphatic rings. The van der Waals surface area contributed by atoms with E-state index in [2.05, 4.69) is 20.9 Å². The Morgan fingerprint density at radius 2 is 1.58 bits per heavy atom. The largest absolute Gasteiger partial charge is 0.480 e. The predicted octanol–water partition coefficient (Wildman–Crippen LogP) is -0.557. The van der Waals surface area contributed by atoms with Crippen LogP contribution >= 0.6 is 0 Å². The zero-order valence-electron chi connectivity index (χ0n) is 19.4. The van der Waals surface area contributed by atoms with Crippen LogP contribution in [0.3, 0.4) is 0 Å². The van der Waals surface area contributed by atoms with E-state index in [4.69, 9.17) is 5.73 Å². The summed E-state index contributed by atoms with van der Waals surface area (Å²) < 4.78 is 0. The molecule has 0 bridgehead atoms. The summed E-state index contributed by atoms with van der Waals surface area (Å²) in [6.07, 6.45) is 1.96. The Balaban J connectivity index is 1.50. The maximum absolute atomic E-state index is 12.4. The van der Waals surface area contributed by atoms with Crippen LogP contribution in [0.25, 0.3) is 10.9 Å². The third-order valence-corrected chi connectivity index (χ3v) is 5.61. The quantitative estimate of drug-likeness (QED) is 0.175. The molecule has 3 amide bonds. The maximum Gasteiger partial charge on any atom is 0.326 e. The number of nitrogens with one attached hydrogen (secondary N) is 4. The third kappa shape index (κ3) is 7.14. The fourth-order valence-electron chi connectivity index (χ4n) is 3.69. The topological polar surface area (TPSA) is 187 Å². The zero-order chi connectivity index (χ0) is 26.1. The molecule has 0 radical (unpaired) electrons. The number of carboxylic acids is 1. The molecule has 3 rings (SSSR count). The van der Waals surface area contributed by atoms with Gasteiger partial charge in [-0.1, -0.05) is 48.5 Å². The number of aliphatic hydroxyl groups is 1. The summed E-state index contributed by atoms with van der Waals surface area (Å²) in [5.41, 5.74) is 8.30. The van der Waals surface area contributed by atoms with Crippen molar-refractivity contribution in [1.29, 1.82) is 0 Å². The number of nitrogens with two attached hydrogens (primary N) is 1. The van der Waals surface area contributed by atoms with Crippen molar-refractivity contribution in [2.75, 3.05) is 13.2 Å². The van der Waals surface area contributed by atoms with Crippen molar-refractivity contribution in [3.05, 3.63) is 71.9 Å². The first kappa shape index (κ1) is 26.4. The number of benzene rings is 2. The Labute approximate surface area is 207 Å². The van der Waals surface area contributed by atoms with Crippen molar-refractivity contribution < 1.29 is 29.4 Å². The Bertz CT molecular complexity index is 1210.